The summed E-state index contributed by atoms with van der Waals surface area (Å²) in [5.74, 6) is 7.06. The van der Waals surface area contributed by atoms with E-state index in [1.54, 1.807) is 5.56 Å². The third-order valence-corrected chi connectivity index (χ3v) is 15.4. The van der Waals surface area contributed by atoms with Crippen LogP contribution >= 0.6 is 0 Å². The molecule has 16 unspecified atom stereocenters. The van der Waals surface area contributed by atoms with E-state index in [4.69, 9.17) is 10.1 Å². The van der Waals surface area contributed by atoms with Crippen LogP contribution in [0.3, 0.4) is 0 Å². The van der Waals surface area contributed by atoms with Crippen molar-refractivity contribution >= 4 is 0 Å². The van der Waals surface area contributed by atoms with Gasteiger partial charge >= 0.3 is 0 Å². The van der Waals surface area contributed by atoms with Crippen LogP contribution in [-0.2, 0) is 11.2 Å². The fourth-order valence-electron chi connectivity index (χ4n) is 14.5. The highest BCUT2D eigenvalue weighted by Gasteiger charge is 2.69. The summed E-state index contributed by atoms with van der Waals surface area (Å²) in [6, 6.07) is 15.8. The van der Waals surface area contributed by atoms with Crippen molar-refractivity contribution in [3.63, 3.8) is 0 Å². The lowest BCUT2D eigenvalue weighted by Crippen LogP contribution is -2.82. The van der Waals surface area contributed by atoms with Crippen LogP contribution in [0.2, 0.25) is 0 Å². The van der Waals surface area contributed by atoms with Gasteiger partial charge in [-0.05, 0) is 130 Å². The summed E-state index contributed by atoms with van der Waals surface area (Å²) in [6.45, 7) is 3.72. The van der Waals surface area contributed by atoms with Gasteiger partial charge in [-0.25, -0.2) is 5.32 Å². The van der Waals surface area contributed by atoms with Gasteiger partial charge in [0, 0.05) is 55.4 Å². The van der Waals surface area contributed by atoms with E-state index < -0.39 is 0 Å². The van der Waals surface area contributed by atoms with Crippen LogP contribution in [0.5, 0.6) is 0 Å². The molecule has 12 fully saturated rings. The number of fused-ring (bicyclic) bond motifs is 2. The Labute approximate surface area is 248 Å². The average molecular weight is 555 g/mol. The third-order valence-electron chi connectivity index (χ3n) is 15.4. The summed E-state index contributed by atoms with van der Waals surface area (Å²) in [5.41, 5.74) is 1.90. The quantitative estimate of drug-likeness (QED) is 0.463. The highest BCUT2D eigenvalue weighted by molar-refractivity contribution is 5.25. The Hall–Kier alpha value is -0.940. The molecule has 1 aromatic carbocycles. The molecule has 12 aliphatic rings. The molecule has 0 N–H and O–H groups in total. The first kappa shape index (κ1) is 25.4. The van der Waals surface area contributed by atoms with E-state index in [1.165, 1.54) is 77.0 Å². The predicted molar refractivity (Wildman–Crippen MR) is 161 cm³/mol. The van der Waals surface area contributed by atoms with Gasteiger partial charge in [0.1, 0.15) is 0 Å². The van der Waals surface area contributed by atoms with Gasteiger partial charge in [-0.1, -0.05) is 37.3 Å². The molecule has 6 heterocycles. The van der Waals surface area contributed by atoms with Crippen molar-refractivity contribution in [1.29, 1.82) is 0 Å². The molecule has 6 aliphatic carbocycles. The van der Waals surface area contributed by atoms with Crippen molar-refractivity contribution in [2.24, 2.45) is 47.3 Å². The number of methoxy groups -OCH3 is 1. The van der Waals surface area contributed by atoms with E-state index in [-0.39, 0.29) is 0 Å². The molecule has 4 nitrogen and oxygen atoms in total. The summed E-state index contributed by atoms with van der Waals surface area (Å²) in [5, 5.41) is 5.70. The molecule has 0 amide bonds. The standard InChI is InChI=1S/C37H52N3O/c1-21-26-14-29-17-30(21)35(41-2)34(16-26)40(29)37-18-24-8-25(19-37)20-38-32(12-24)36(37)39-28-10-23-9-27(15-28)31(33(39)13-23)11-22-6-4-3-5-7-22/h3-7,21,23-36H,8-20H2,1-2H3. The van der Waals surface area contributed by atoms with Gasteiger partial charge in [0.25, 0.3) is 0 Å². The summed E-state index contributed by atoms with van der Waals surface area (Å²) in [6.07, 6.45) is 17.6. The van der Waals surface area contributed by atoms with Crippen LogP contribution in [0.4, 0.5) is 0 Å². The lowest BCUT2D eigenvalue weighted by molar-refractivity contribution is -0.245. The second-order valence-electron chi connectivity index (χ2n) is 17.0. The average Bonchev–Trinajstić information content (AvgIpc) is 3.18. The molecule has 13 rings (SSSR count). The van der Waals surface area contributed by atoms with Crippen LogP contribution < -0.4 is 5.32 Å². The number of piperidine rings is 4. The number of nitrogens with zero attached hydrogens (tertiary/aromatic N) is 3. The van der Waals surface area contributed by atoms with E-state index in [2.05, 4.69) is 47.1 Å². The molecule has 0 spiro atoms. The first-order chi connectivity index (χ1) is 20.1. The number of hydrogen-bond acceptors (Lipinski definition) is 3. The van der Waals surface area contributed by atoms with E-state index in [0.717, 1.165) is 72.0 Å². The van der Waals surface area contributed by atoms with E-state index >= 15 is 0 Å². The van der Waals surface area contributed by atoms with Crippen molar-refractivity contribution in [3.8, 4) is 0 Å². The maximum Gasteiger partial charge on any atom is 0.0758 e. The highest BCUT2D eigenvalue weighted by atomic mass is 16.5. The maximum absolute atomic E-state index is 6.50. The second kappa shape index (κ2) is 9.05. The Kier molecular flexibility index (Phi) is 5.61. The molecule has 41 heavy (non-hydrogen) atoms. The predicted octanol–water partition coefficient (Wildman–Crippen LogP) is 5.77. The summed E-state index contributed by atoms with van der Waals surface area (Å²) in [4.78, 5) is 6.56. The molecule has 12 bridgehead atoms. The Morgan fingerprint density at radius 2 is 1.68 bits per heavy atom. The lowest BCUT2D eigenvalue weighted by Gasteiger charge is -2.73. The largest absolute Gasteiger partial charge is 0.380 e. The molecule has 4 heteroatoms. The van der Waals surface area contributed by atoms with Crippen molar-refractivity contribution < 1.29 is 4.74 Å². The van der Waals surface area contributed by atoms with Gasteiger partial charge in [-0.3, -0.25) is 9.80 Å². The van der Waals surface area contributed by atoms with Crippen LogP contribution in [0.15, 0.2) is 30.3 Å². The van der Waals surface area contributed by atoms with Gasteiger partial charge in [-0.15, -0.1) is 0 Å². The van der Waals surface area contributed by atoms with Crippen LogP contribution in [0.25, 0.3) is 0 Å². The van der Waals surface area contributed by atoms with Gasteiger partial charge in [0.15, 0.2) is 0 Å². The SMILES string of the molecule is COC1C2CC3CC(CC1N3C13CC4C[N]C(CC(C4)C1)C3N1C3CC4CC(C3)C(Cc3ccccc3)C1C4)C2C. The van der Waals surface area contributed by atoms with E-state index in [1.807, 2.05) is 7.11 Å². The van der Waals surface area contributed by atoms with E-state index in [9.17, 15) is 0 Å². The minimum absolute atomic E-state index is 0.325. The van der Waals surface area contributed by atoms with Gasteiger partial charge < -0.3 is 4.74 Å². The zero-order valence-corrected chi connectivity index (χ0v) is 25.5. The molecule has 16 atom stereocenters. The number of rotatable bonds is 5. The zero-order valence-electron chi connectivity index (χ0n) is 25.5. The first-order valence-electron chi connectivity index (χ1n) is 17.9. The molecular formula is C37H52N3O. The second-order valence-corrected chi connectivity index (χ2v) is 17.0. The Morgan fingerprint density at radius 1 is 0.829 bits per heavy atom. The van der Waals surface area contributed by atoms with Crippen LogP contribution in [-0.4, -0.2) is 71.3 Å². The van der Waals surface area contributed by atoms with Gasteiger partial charge in [-0.2, -0.15) is 0 Å². The normalized spacial score (nSPS) is 56.6. The number of ether oxygens (including phenoxy) is 1. The Morgan fingerprint density at radius 3 is 2.56 bits per heavy atom. The van der Waals surface area contributed by atoms with E-state index in [0.29, 0.717) is 29.8 Å². The van der Waals surface area contributed by atoms with Crippen molar-refractivity contribution in [2.45, 2.75) is 132 Å². The molecule has 0 aromatic heterocycles. The minimum Gasteiger partial charge on any atom is -0.380 e. The van der Waals surface area contributed by atoms with Gasteiger partial charge in [0.2, 0.25) is 0 Å². The molecule has 1 radical (unpaired) electrons. The van der Waals surface area contributed by atoms with Crippen molar-refractivity contribution in [1.82, 2.24) is 15.1 Å². The monoisotopic (exact) mass is 554 g/mol. The van der Waals surface area contributed by atoms with Crippen LogP contribution in [0.1, 0.15) is 83.1 Å². The molecule has 6 saturated carbocycles. The maximum atomic E-state index is 6.50. The van der Waals surface area contributed by atoms with Gasteiger partial charge in [0.05, 0.1) is 6.10 Å². The first-order valence-corrected chi connectivity index (χ1v) is 17.9. The summed E-state index contributed by atoms with van der Waals surface area (Å²) < 4.78 is 6.50. The zero-order chi connectivity index (χ0) is 27.0. The Bertz CT molecular complexity index is 1170. The fraction of sp³-hybridized carbons (Fsp3) is 0.838. The number of benzene rings is 1. The molecule has 221 valence electrons. The smallest absolute Gasteiger partial charge is 0.0758 e. The highest BCUT2D eigenvalue weighted by Crippen LogP contribution is 2.63. The van der Waals surface area contributed by atoms with Crippen molar-refractivity contribution in [3.05, 3.63) is 35.9 Å². The topological polar surface area (TPSA) is 29.8 Å². The molecule has 1 aromatic rings. The Balaban J connectivity index is 1.08. The third kappa shape index (κ3) is 3.49. The summed E-state index contributed by atoms with van der Waals surface area (Å²) in [7, 11) is 2.05. The molecule has 6 saturated heterocycles. The fourth-order valence-corrected chi connectivity index (χ4v) is 14.5. The number of hydrogen-bond donors (Lipinski definition) is 0. The lowest BCUT2D eigenvalue weighted by atomic mass is 9.51. The summed E-state index contributed by atoms with van der Waals surface area (Å²) >= 11 is 0. The van der Waals surface area contributed by atoms with Crippen molar-refractivity contribution in [2.75, 3.05) is 13.7 Å². The molecule has 6 aliphatic heterocycles. The molecular weight excluding hydrogens is 502 g/mol. The minimum atomic E-state index is 0.325. The van der Waals surface area contributed by atoms with Crippen LogP contribution in [0, 0.1) is 47.3 Å².